The van der Waals surface area contributed by atoms with Gasteiger partial charge in [-0.15, -0.1) is 6.58 Å². The molecule has 4 rings (SSSR count). The van der Waals surface area contributed by atoms with E-state index in [1.807, 2.05) is 0 Å². The zero-order valence-electron chi connectivity index (χ0n) is 19.6. The lowest BCUT2D eigenvalue weighted by Gasteiger charge is -2.40. The summed E-state index contributed by atoms with van der Waals surface area (Å²) in [7, 11) is 0. The first-order valence-electron chi connectivity index (χ1n) is 11.3. The zero-order valence-corrected chi connectivity index (χ0v) is 19.6. The van der Waals surface area contributed by atoms with Crippen molar-refractivity contribution >= 4 is 29.4 Å². The molecule has 0 fully saturated rings. The van der Waals surface area contributed by atoms with Gasteiger partial charge in [-0.05, 0) is 19.9 Å². The first-order valence-corrected chi connectivity index (χ1v) is 11.3. The van der Waals surface area contributed by atoms with Crippen LogP contribution in [0.1, 0.15) is 25.0 Å². The van der Waals surface area contributed by atoms with E-state index in [2.05, 4.69) is 6.58 Å². The molecule has 0 amide bonds. The van der Waals surface area contributed by atoms with E-state index in [-0.39, 0.29) is 42.5 Å². The molecular weight excluding hydrogens is 448 g/mol. The Morgan fingerprint density at radius 1 is 1.00 bits per heavy atom. The summed E-state index contributed by atoms with van der Waals surface area (Å²) in [5.74, 6) is -2.48. The van der Waals surface area contributed by atoms with Crippen LogP contribution in [0.15, 0.2) is 84.2 Å². The van der Waals surface area contributed by atoms with Gasteiger partial charge in [-0.2, -0.15) is 0 Å². The second kappa shape index (κ2) is 9.50. The van der Waals surface area contributed by atoms with Crippen LogP contribution >= 0.6 is 0 Å². The molecule has 0 radical (unpaired) electrons. The van der Waals surface area contributed by atoms with Gasteiger partial charge in [0, 0.05) is 23.4 Å². The van der Waals surface area contributed by atoms with Crippen LogP contribution in [0, 0.1) is 0 Å². The predicted molar refractivity (Wildman–Crippen MR) is 130 cm³/mol. The van der Waals surface area contributed by atoms with E-state index < -0.39 is 23.3 Å². The second-order valence-corrected chi connectivity index (χ2v) is 7.83. The summed E-state index contributed by atoms with van der Waals surface area (Å²) in [6, 6.07) is 15.6. The fourth-order valence-corrected chi connectivity index (χ4v) is 4.61. The van der Waals surface area contributed by atoms with Gasteiger partial charge < -0.3 is 24.8 Å². The van der Waals surface area contributed by atoms with Crippen molar-refractivity contribution in [2.24, 2.45) is 5.73 Å². The van der Waals surface area contributed by atoms with Crippen LogP contribution < -0.4 is 10.6 Å². The number of ether oxygens (including phenoxy) is 3. The number of nitrogens with two attached hydrogens (primary N) is 1. The molecule has 0 aromatic heterocycles. The summed E-state index contributed by atoms with van der Waals surface area (Å²) in [6.07, 6.45) is 1.62. The number of carbonyl (C=O) groups excluding carboxylic acids is 3. The minimum absolute atomic E-state index is 0.00984. The number of fused-ring (bicyclic) bond motifs is 2. The Morgan fingerprint density at radius 2 is 1.60 bits per heavy atom. The van der Waals surface area contributed by atoms with Crippen molar-refractivity contribution in [2.45, 2.75) is 19.3 Å². The number of hydrogen-bond acceptors (Lipinski definition) is 8. The fraction of sp³-hybridized carbons (Fsp3) is 0.222. The van der Waals surface area contributed by atoms with E-state index in [1.54, 1.807) is 79.4 Å². The summed E-state index contributed by atoms with van der Waals surface area (Å²) in [6.45, 7) is 7.41. The van der Waals surface area contributed by atoms with E-state index in [0.717, 1.165) is 0 Å². The monoisotopic (exact) mass is 474 g/mol. The van der Waals surface area contributed by atoms with Crippen molar-refractivity contribution in [3.05, 3.63) is 95.3 Å². The van der Waals surface area contributed by atoms with Crippen LogP contribution in [-0.2, 0) is 34.0 Å². The van der Waals surface area contributed by atoms with Gasteiger partial charge >= 0.3 is 17.9 Å². The van der Waals surface area contributed by atoms with Crippen LogP contribution in [-0.4, -0.2) is 37.7 Å². The molecule has 35 heavy (non-hydrogen) atoms. The molecule has 1 atom stereocenters. The number of para-hydroxylation sites is 1. The van der Waals surface area contributed by atoms with Gasteiger partial charge in [0.15, 0.2) is 5.41 Å². The van der Waals surface area contributed by atoms with E-state index in [1.165, 1.54) is 0 Å². The molecule has 0 saturated heterocycles. The Hall–Kier alpha value is -4.33. The molecule has 0 saturated carbocycles. The van der Waals surface area contributed by atoms with E-state index in [9.17, 15) is 14.4 Å². The van der Waals surface area contributed by atoms with E-state index >= 15 is 0 Å². The number of esters is 3. The van der Waals surface area contributed by atoms with Gasteiger partial charge in [0.05, 0.1) is 13.2 Å². The number of nitrogens with zero attached hydrogens (tertiary/aromatic N) is 1. The van der Waals surface area contributed by atoms with Crippen molar-refractivity contribution < 1.29 is 28.6 Å². The van der Waals surface area contributed by atoms with Crippen LogP contribution in [0.3, 0.4) is 0 Å². The summed E-state index contributed by atoms with van der Waals surface area (Å²) >= 11 is 0. The third-order valence-corrected chi connectivity index (χ3v) is 5.93. The Labute approximate surface area is 203 Å². The lowest BCUT2D eigenvalue weighted by Crippen LogP contribution is -2.50. The first kappa shape index (κ1) is 23.8. The first-order chi connectivity index (χ1) is 16.9. The molecule has 1 spiro atoms. The largest absolute Gasteiger partial charge is 0.462 e. The van der Waals surface area contributed by atoms with Crippen molar-refractivity contribution in [3.63, 3.8) is 0 Å². The van der Waals surface area contributed by atoms with Crippen LogP contribution in [0.25, 0.3) is 5.76 Å². The van der Waals surface area contributed by atoms with Crippen LogP contribution in [0.2, 0.25) is 0 Å². The Kier molecular flexibility index (Phi) is 6.46. The molecule has 180 valence electrons. The van der Waals surface area contributed by atoms with Crippen molar-refractivity contribution in [1.29, 1.82) is 0 Å². The maximum Gasteiger partial charge on any atom is 0.339 e. The van der Waals surface area contributed by atoms with Crippen molar-refractivity contribution in [1.82, 2.24) is 0 Å². The number of benzene rings is 2. The van der Waals surface area contributed by atoms with Crippen molar-refractivity contribution in [2.75, 3.05) is 24.7 Å². The zero-order chi connectivity index (χ0) is 25.2. The standard InChI is InChI=1S/C27H26N2O6/c1-4-16-29-19-15-11-10-14-18(19)27(21(23(29)28)25(31)34-6-3)20(24(30)33-5-2)22(35-26(27)32)17-12-8-7-9-13-17/h4,7-15H,1,5-6,16,28H2,2-3H3/t27-/m0/s1. The minimum Gasteiger partial charge on any atom is -0.462 e. The van der Waals surface area contributed by atoms with Gasteiger partial charge in [-0.1, -0.05) is 54.6 Å². The average molecular weight is 475 g/mol. The van der Waals surface area contributed by atoms with Gasteiger partial charge in [-0.25, -0.2) is 14.4 Å². The lowest BCUT2D eigenvalue weighted by atomic mass is 9.66. The second-order valence-electron chi connectivity index (χ2n) is 7.83. The van der Waals surface area contributed by atoms with E-state index in [4.69, 9.17) is 19.9 Å². The minimum atomic E-state index is -1.98. The number of carbonyl (C=O) groups is 3. The Bertz CT molecular complexity index is 1260. The Balaban J connectivity index is 2.16. The molecule has 0 bridgehead atoms. The number of rotatable bonds is 7. The number of hydrogen-bond donors (Lipinski definition) is 1. The SMILES string of the molecule is C=CCN1C(N)=C(C(=O)OCC)[C@]2(C(=O)OC(c3ccccc3)=C2C(=O)OCC)c2ccccc21. The van der Waals surface area contributed by atoms with Gasteiger partial charge in [0.25, 0.3) is 0 Å². The van der Waals surface area contributed by atoms with Gasteiger partial charge in [0.1, 0.15) is 22.7 Å². The molecule has 2 aromatic carbocycles. The molecule has 2 heterocycles. The molecule has 2 aromatic rings. The Morgan fingerprint density at radius 3 is 2.23 bits per heavy atom. The van der Waals surface area contributed by atoms with Crippen LogP contribution in [0.5, 0.6) is 0 Å². The molecule has 8 nitrogen and oxygen atoms in total. The fourth-order valence-electron chi connectivity index (χ4n) is 4.61. The molecule has 0 aliphatic carbocycles. The molecule has 8 heteroatoms. The van der Waals surface area contributed by atoms with Crippen LogP contribution in [0.4, 0.5) is 5.69 Å². The molecule has 2 aliphatic rings. The molecular formula is C27H26N2O6. The summed E-state index contributed by atoms with van der Waals surface area (Å²) in [4.78, 5) is 42.6. The van der Waals surface area contributed by atoms with Gasteiger partial charge in [0.2, 0.25) is 0 Å². The summed E-state index contributed by atoms with van der Waals surface area (Å²) in [5.41, 5.74) is 5.64. The maximum atomic E-state index is 13.9. The predicted octanol–water partition coefficient (Wildman–Crippen LogP) is 3.20. The molecule has 2 aliphatic heterocycles. The topological polar surface area (TPSA) is 108 Å². The third kappa shape index (κ3) is 3.58. The molecule has 2 N–H and O–H groups in total. The summed E-state index contributed by atoms with van der Waals surface area (Å²) in [5, 5.41) is 0. The molecule has 0 unspecified atom stereocenters. The maximum absolute atomic E-state index is 13.9. The highest BCUT2D eigenvalue weighted by molar-refractivity contribution is 6.20. The average Bonchev–Trinajstić information content (AvgIpc) is 3.16. The number of cyclic esters (lactones) is 1. The normalized spacial score (nSPS) is 18.9. The van der Waals surface area contributed by atoms with Crippen molar-refractivity contribution in [3.8, 4) is 0 Å². The van der Waals surface area contributed by atoms with Gasteiger partial charge in [-0.3, -0.25) is 0 Å². The smallest absolute Gasteiger partial charge is 0.339 e. The van der Waals surface area contributed by atoms with E-state index in [0.29, 0.717) is 16.8 Å². The third-order valence-electron chi connectivity index (χ3n) is 5.93. The highest BCUT2D eigenvalue weighted by Gasteiger charge is 2.64. The number of anilines is 1. The highest BCUT2D eigenvalue weighted by atomic mass is 16.6. The summed E-state index contributed by atoms with van der Waals surface area (Å²) < 4.78 is 16.5. The highest BCUT2D eigenvalue weighted by Crippen LogP contribution is 2.55. The quantitative estimate of drug-likeness (QED) is 0.370. The lowest BCUT2D eigenvalue weighted by molar-refractivity contribution is -0.146.